The molecular formula is C9H19O5P. The van der Waals surface area contributed by atoms with E-state index in [0.717, 1.165) is 5.57 Å². The molecule has 0 aromatic heterocycles. The van der Waals surface area contributed by atoms with E-state index < -0.39 is 13.9 Å². The van der Waals surface area contributed by atoms with Gasteiger partial charge in [0.15, 0.2) is 6.29 Å². The molecule has 0 aliphatic heterocycles. The summed E-state index contributed by atoms with van der Waals surface area (Å²) >= 11 is 0. The average molecular weight is 238 g/mol. The van der Waals surface area contributed by atoms with E-state index in [-0.39, 0.29) is 6.16 Å². The summed E-state index contributed by atoms with van der Waals surface area (Å²) in [5.41, 5.74) is 0.828. The smallest absolute Gasteiger partial charge is 0.333 e. The molecule has 0 saturated heterocycles. The Balaban J connectivity index is 4.44. The number of ether oxygens (including phenoxy) is 2. The third-order valence-electron chi connectivity index (χ3n) is 1.99. The highest BCUT2D eigenvalue weighted by molar-refractivity contribution is 7.54. The van der Waals surface area contributed by atoms with Gasteiger partial charge in [-0.3, -0.25) is 4.57 Å². The molecular weight excluding hydrogens is 219 g/mol. The van der Waals surface area contributed by atoms with E-state index in [1.807, 2.05) is 6.92 Å². The molecule has 15 heavy (non-hydrogen) atoms. The minimum Gasteiger partial charge on any atom is -0.352 e. The van der Waals surface area contributed by atoms with Gasteiger partial charge in [0.2, 0.25) is 0 Å². The molecule has 0 spiro atoms. The molecule has 0 saturated carbocycles. The molecule has 5 nitrogen and oxygen atoms in total. The normalized spacial score (nSPS) is 13.6. The van der Waals surface area contributed by atoms with E-state index in [9.17, 15) is 4.57 Å². The highest BCUT2D eigenvalue weighted by Crippen LogP contribution is 2.46. The predicted octanol–water partition coefficient (Wildman–Crippen LogP) is 2.04. The van der Waals surface area contributed by atoms with Crippen LogP contribution in [0.5, 0.6) is 0 Å². The molecule has 0 aromatic carbocycles. The molecule has 0 aromatic rings. The first-order valence-corrected chi connectivity index (χ1v) is 6.18. The van der Waals surface area contributed by atoms with Crippen LogP contribution in [-0.4, -0.2) is 40.9 Å². The fraction of sp³-hybridized carbons (Fsp3) is 0.778. The van der Waals surface area contributed by atoms with Gasteiger partial charge in [0.25, 0.3) is 0 Å². The van der Waals surface area contributed by atoms with Gasteiger partial charge >= 0.3 is 7.60 Å². The molecule has 0 unspecified atom stereocenters. The molecule has 0 atom stereocenters. The summed E-state index contributed by atoms with van der Waals surface area (Å²) in [6, 6.07) is 0. The number of hydrogen-bond acceptors (Lipinski definition) is 5. The Hall–Kier alpha value is -0.190. The summed E-state index contributed by atoms with van der Waals surface area (Å²) in [7, 11) is 2.81. The topological polar surface area (TPSA) is 54.0 Å². The zero-order chi connectivity index (χ0) is 11.9. The molecule has 0 aliphatic carbocycles. The van der Waals surface area contributed by atoms with E-state index >= 15 is 0 Å². The van der Waals surface area contributed by atoms with Crippen LogP contribution in [0.1, 0.15) is 6.92 Å². The maximum absolute atomic E-state index is 11.7. The van der Waals surface area contributed by atoms with Crippen molar-refractivity contribution in [2.45, 2.75) is 13.2 Å². The van der Waals surface area contributed by atoms with E-state index in [1.165, 1.54) is 28.4 Å². The van der Waals surface area contributed by atoms with Crippen LogP contribution in [0, 0.1) is 0 Å². The van der Waals surface area contributed by atoms with Gasteiger partial charge in [0, 0.05) is 28.4 Å². The Labute approximate surface area is 90.9 Å². The van der Waals surface area contributed by atoms with Crippen LogP contribution in [0.3, 0.4) is 0 Å². The first-order valence-electron chi connectivity index (χ1n) is 4.45. The molecule has 0 fully saturated rings. The Morgan fingerprint density at radius 1 is 1.20 bits per heavy atom. The van der Waals surface area contributed by atoms with Crippen LogP contribution in [0.25, 0.3) is 0 Å². The number of allylic oxidation sites excluding steroid dienone is 1. The maximum Gasteiger partial charge on any atom is 0.333 e. The first kappa shape index (κ1) is 14.8. The number of hydrogen-bond donors (Lipinski definition) is 0. The second-order valence-electron chi connectivity index (χ2n) is 2.91. The lowest BCUT2D eigenvalue weighted by atomic mass is 10.3. The first-order chi connectivity index (χ1) is 7.02. The molecule has 0 amide bonds. The van der Waals surface area contributed by atoms with Crippen LogP contribution in [0.15, 0.2) is 11.6 Å². The van der Waals surface area contributed by atoms with E-state index in [4.69, 9.17) is 18.5 Å². The Morgan fingerprint density at radius 3 is 2.00 bits per heavy atom. The van der Waals surface area contributed by atoms with Gasteiger partial charge in [-0.25, -0.2) is 0 Å². The molecule has 0 bridgehead atoms. The van der Waals surface area contributed by atoms with E-state index in [0.29, 0.717) is 0 Å². The van der Waals surface area contributed by atoms with Crippen molar-refractivity contribution >= 4 is 7.60 Å². The largest absolute Gasteiger partial charge is 0.352 e. The van der Waals surface area contributed by atoms with Crippen molar-refractivity contribution in [2.24, 2.45) is 0 Å². The summed E-state index contributed by atoms with van der Waals surface area (Å²) in [5.74, 6) is 0. The Morgan fingerprint density at radius 2 is 1.67 bits per heavy atom. The van der Waals surface area contributed by atoms with Gasteiger partial charge in [-0.1, -0.05) is 6.08 Å². The highest BCUT2D eigenvalue weighted by Gasteiger charge is 2.19. The molecule has 0 aliphatic rings. The zero-order valence-electron chi connectivity index (χ0n) is 9.85. The zero-order valence-corrected chi connectivity index (χ0v) is 10.7. The van der Waals surface area contributed by atoms with Gasteiger partial charge in [-0.15, -0.1) is 0 Å². The summed E-state index contributed by atoms with van der Waals surface area (Å²) in [5, 5.41) is 0. The van der Waals surface area contributed by atoms with Crippen molar-refractivity contribution in [1.29, 1.82) is 0 Å². The molecule has 0 N–H and O–H groups in total. The summed E-state index contributed by atoms with van der Waals surface area (Å²) in [6.07, 6.45) is 1.51. The van der Waals surface area contributed by atoms with Crippen molar-refractivity contribution in [2.75, 3.05) is 34.6 Å². The molecule has 0 radical (unpaired) electrons. The molecule has 6 heteroatoms. The number of rotatable bonds is 7. The second kappa shape index (κ2) is 7.14. The van der Waals surface area contributed by atoms with Crippen LogP contribution in [0.2, 0.25) is 0 Å². The van der Waals surface area contributed by atoms with Gasteiger partial charge in [0.05, 0.1) is 6.16 Å². The van der Waals surface area contributed by atoms with Crippen LogP contribution >= 0.6 is 7.60 Å². The molecule has 0 heterocycles. The van der Waals surface area contributed by atoms with E-state index in [2.05, 4.69) is 0 Å². The minimum atomic E-state index is -2.98. The lowest BCUT2D eigenvalue weighted by Crippen LogP contribution is -2.14. The van der Waals surface area contributed by atoms with Crippen molar-refractivity contribution in [3.05, 3.63) is 11.6 Å². The lowest BCUT2D eigenvalue weighted by molar-refractivity contribution is -0.0747. The SMILES string of the molecule is COC(OC)/C(C)=C/CP(=O)(OC)OC. The summed E-state index contributed by atoms with van der Waals surface area (Å²) in [6.45, 7) is 1.83. The van der Waals surface area contributed by atoms with Gasteiger partial charge in [-0.05, 0) is 12.5 Å². The molecule has 0 rings (SSSR count). The minimum absolute atomic E-state index is 0.203. The van der Waals surface area contributed by atoms with Gasteiger partial charge < -0.3 is 18.5 Å². The summed E-state index contributed by atoms with van der Waals surface area (Å²) < 4.78 is 31.3. The van der Waals surface area contributed by atoms with Gasteiger partial charge in [-0.2, -0.15) is 0 Å². The Bertz CT molecular complexity index is 239. The third kappa shape index (κ3) is 4.91. The number of methoxy groups -OCH3 is 2. The standard InChI is InChI=1S/C9H19O5P/c1-8(9(11-2)12-3)6-7-15(10,13-4)14-5/h6,9H,7H2,1-5H3/b8-6+. The quantitative estimate of drug-likeness (QED) is 0.386. The second-order valence-corrected chi connectivity index (χ2v) is 5.23. The monoisotopic (exact) mass is 238 g/mol. The predicted molar refractivity (Wildman–Crippen MR) is 58.1 cm³/mol. The van der Waals surface area contributed by atoms with Gasteiger partial charge in [0.1, 0.15) is 0 Å². The highest BCUT2D eigenvalue weighted by atomic mass is 31.2. The van der Waals surface area contributed by atoms with Crippen molar-refractivity contribution in [1.82, 2.24) is 0 Å². The molecule has 90 valence electrons. The fourth-order valence-corrected chi connectivity index (χ4v) is 2.00. The Kier molecular flexibility index (Phi) is 7.05. The van der Waals surface area contributed by atoms with E-state index in [1.54, 1.807) is 6.08 Å². The van der Waals surface area contributed by atoms with Crippen LogP contribution in [-0.2, 0) is 23.1 Å². The van der Waals surface area contributed by atoms with Crippen LogP contribution < -0.4 is 0 Å². The van der Waals surface area contributed by atoms with Crippen LogP contribution in [0.4, 0.5) is 0 Å². The maximum atomic E-state index is 11.7. The van der Waals surface area contributed by atoms with Crippen molar-refractivity contribution < 1.29 is 23.1 Å². The summed E-state index contributed by atoms with van der Waals surface area (Å²) in [4.78, 5) is 0. The van der Waals surface area contributed by atoms with Crippen molar-refractivity contribution in [3.8, 4) is 0 Å². The average Bonchev–Trinajstić information content (AvgIpc) is 2.27. The lowest BCUT2D eigenvalue weighted by Gasteiger charge is -2.15. The van der Waals surface area contributed by atoms with Crippen molar-refractivity contribution in [3.63, 3.8) is 0 Å². The third-order valence-corrected chi connectivity index (χ3v) is 3.74. The fourth-order valence-electron chi connectivity index (χ4n) is 1.04.